The molecule has 0 saturated carbocycles. The molecule has 62 valence electrons. The molecule has 0 amide bonds. The molecule has 0 saturated heterocycles. The van der Waals surface area contributed by atoms with Crippen molar-refractivity contribution in [2.24, 2.45) is 0 Å². The van der Waals surface area contributed by atoms with Crippen LogP contribution in [-0.4, -0.2) is 32.3 Å². The van der Waals surface area contributed by atoms with Gasteiger partial charge in [0.05, 0.1) is 19.6 Å². The topological polar surface area (TPSA) is 40.1 Å². The third-order valence-electron chi connectivity index (χ3n) is 2.05. The highest BCUT2D eigenvalue weighted by atomic mass is 32.2. The van der Waals surface area contributed by atoms with Crippen LogP contribution in [-0.2, 0) is 11.3 Å². The maximum absolute atomic E-state index is 10.7. The predicted octanol–water partition coefficient (Wildman–Crippen LogP) is 0.657. The van der Waals surface area contributed by atoms with Gasteiger partial charge in [0.15, 0.2) is 0 Å². The highest BCUT2D eigenvalue weighted by Crippen LogP contribution is 2.07. The Morgan fingerprint density at radius 1 is 1.20 bits per heavy atom. The van der Waals surface area contributed by atoms with E-state index in [4.69, 9.17) is 0 Å². The fraction of sp³-hybridized carbons (Fsp3) is 1.00. The van der Waals surface area contributed by atoms with Gasteiger partial charge in [0.25, 0.3) is 0 Å². The maximum Gasteiger partial charge on any atom is 0.148 e. The largest absolute Gasteiger partial charge is 0.724 e. The second-order valence-corrected chi connectivity index (χ2v) is 3.43. The van der Waals surface area contributed by atoms with Crippen LogP contribution in [0.3, 0.4) is 0 Å². The summed E-state index contributed by atoms with van der Waals surface area (Å²) in [5.41, 5.74) is 0. The summed E-state index contributed by atoms with van der Waals surface area (Å²) in [4.78, 5) is 0. The van der Waals surface area contributed by atoms with Crippen molar-refractivity contribution in [3.63, 3.8) is 0 Å². The highest BCUT2D eigenvalue weighted by Gasteiger charge is 2.21. The average molecular weight is 165 g/mol. The van der Waals surface area contributed by atoms with Gasteiger partial charge in [-0.1, -0.05) is 0 Å². The molecule has 1 unspecified atom stereocenters. The zero-order valence-electron chi connectivity index (χ0n) is 6.79. The zero-order valence-corrected chi connectivity index (χ0v) is 7.61. The van der Waals surface area contributed by atoms with Gasteiger partial charge in [-0.15, -0.1) is 0 Å². The van der Waals surface area contributed by atoms with Gasteiger partial charge >= 0.3 is 0 Å². The SMILES string of the molecule is CC[N+](CC)(CC)S(=O)[O-]. The predicted molar refractivity (Wildman–Crippen MR) is 40.8 cm³/mol. The van der Waals surface area contributed by atoms with E-state index >= 15 is 0 Å². The monoisotopic (exact) mass is 165 g/mol. The fourth-order valence-electron chi connectivity index (χ4n) is 0.987. The summed E-state index contributed by atoms with van der Waals surface area (Å²) in [6.45, 7) is 7.64. The summed E-state index contributed by atoms with van der Waals surface area (Å²) < 4.78 is 21.6. The second kappa shape index (κ2) is 4.05. The van der Waals surface area contributed by atoms with Gasteiger partial charge in [-0.3, -0.25) is 0 Å². The van der Waals surface area contributed by atoms with E-state index in [1.807, 2.05) is 20.8 Å². The van der Waals surface area contributed by atoms with Crippen LogP contribution in [0, 0.1) is 0 Å². The average Bonchev–Trinajstić information content (AvgIpc) is 1.92. The molecule has 0 fully saturated rings. The van der Waals surface area contributed by atoms with Crippen molar-refractivity contribution in [3.05, 3.63) is 0 Å². The summed E-state index contributed by atoms with van der Waals surface area (Å²) >= 11 is -1.97. The molecule has 0 spiro atoms. The number of hydrogen-bond acceptors (Lipinski definition) is 2. The Morgan fingerprint density at radius 2 is 1.50 bits per heavy atom. The maximum atomic E-state index is 10.7. The molecule has 0 rings (SSSR count). The minimum absolute atomic E-state index is 0.181. The summed E-state index contributed by atoms with van der Waals surface area (Å²) in [6.07, 6.45) is 0. The van der Waals surface area contributed by atoms with Crippen LogP contribution in [0.25, 0.3) is 0 Å². The van der Waals surface area contributed by atoms with Crippen LogP contribution < -0.4 is 0 Å². The first-order valence-electron chi connectivity index (χ1n) is 3.59. The van der Waals surface area contributed by atoms with E-state index in [-0.39, 0.29) is 3.89 Å². The van der Waals surface area contributed by atoms with E-state index in [2.05, 4.69) is 0 Å². The number of rotatable bonds is 4. The molecule has 0 aliphatic carbocycles. The molecular weight excluding hydrogens is 150 g/mol. The lowest BCUT2D eigenvalue weighted by Gasteiger charge is -2.35. The minimum atomic E-state index is -1.97. The third-order valence-corrected chi connectivity index (χ3v) is 3.45. The zero-order chi connectivity index (χ0) is 8.20. The highest BCUT2D eigenvalue weighted by molar-refractivity contribution is 7.73. The Balaban J connectivity index is 4.31. The smallest absolute Gasteiger partial charge is 0.148 e. The van der Waals surface area contributed by atoms with Crippen molar-refractivity contribution in [2.75, 3.05) is 19.6 Å². The van der Waals surface area contributed by atoms with Crippen LogP contribution in [0.5, 0.6) is 0 Å². The lowest BCUT2D eigenvalue weighted by atomic mass is 10.5. The van der Waals surface area contributed by atoms with E-state index in [0.717, 1.165) is 0 Å². The molecule has 10 heavy (non-hydrogen) atoms. The first-order chi connectivity index (χ1) is 4.63. The Kier molecular flexibility index (Phi) is 4.08. The summed E-state index contributed by atoms with van der Waals surface area (Å²) in [5.74, 6) is 0. The van der Waals surface area contributed by atoms with Gasteiger partial charge in [-0.25, -0.2) is 8.10 Å². The van der Waals surface area contributed by atoms with Crippen molar-refractivity contribution in [1.82, 2.24) is 0 Å². The second-order valence-electron chi connectivity index (χ2n) is 2.22. The van der Waals surface area contributed by atoms with E-state index in [1.54, 1.807) is 0 Å². The first-order valence-corrected chi connectivity index (χ1v) is 4.62. The lowest BCUT2D eigenvalue weighted by molar-refractivity contribution is -0.800. The molecule has 0 aromatic heterocycles. The van der Waals surface area contributed by atoms with Crippen molar-refractivity contribution >= 4 is 11.3 Å². The van der Waals surface area contributed by atoms with Gasteiger partial charge < -0.3 is 4.55 Å². The van der Waals surface area contributed by atoms with Crippen molar-refractivity contribution in [2.45, 2.75) is 20.8 Å². The van der Waals surface area contributed by atoms with E-state index < -0.39 is 11.3 Å². The molecule has 0 heterocycles. The van der Waals surface area contributed by atoms with Gasteiger partial charge in [-0.2, -0.15) is 0 Å². The van der Waals surface area contributed by atoms with E-state index in [1.165, 1.54) is 0 Å². The first kappa shape index (κ1) is 10.1. The molecule has 0 bridgehead atoms. The van der Waals surface area contributed by atoms with Crippen LogP contribution in [0.1, 0.15) is 20.8 Å². The van der Waals surface area contributed by atoms with Crippen molar-refractivity contribution < 1.29 is 12.6 Å². The normalized spacial score (nSPS) is 15.2. The molecule has 0 aromatic carbocycles. The Bertz CT molecular complexity index is 115. The Morgan fingerprint density at radius 3 is 1.50 bits per heavy atom. The molecule has 0 aliphatic rings. The van der Waals surface area contributed by atoms with Crippen molar-refractivity contribution in [1.29, 1.82) is 0 Å². The van der Waals surface area contributed by atoms with Crippen LogP contribution in [0.4, 0.5) is 0 Å². The molecule has 3 nitrogen and oxygen atoms in total. The Labute approximate surface area is 65.0 Å². The number of quaternary nitrogens is 1. The number of nitrogens with zero attached hydrogens (tertiary/aromatic N) is 1. The minimum Gasteiger partial charge on any atom is -0.724 e. The Hall–Kier alpha value is 0.0700. The summed E-state index contributed by atoms with van der Waals surface area (Å²) in [5, 5.41) is 0. The van der Waals surface area contributed by atoms with Gasteiger partial charge in [-0.05, 0) is 20.8 Å². The van der Waals surface area contributed by atoms with Gasteiger partial charge in [0.1, 0.15) is 11.3 Å². The fourth-order valence-corrected chi connectivity index (χ4v) is 1.62. The quantitative estimate of drug-likeness (QED) is 0.453. The molecular formula is C6H15NO2S. The van der Waals surface area contributed by atoms with Crippen LogP contribution in [0.2, 0.25) is 0 Å². The van der Waals surface area contributed by atoms with Gasteiger partial charge in [0.2, 0.25) is 0 Å². The molecule has 0 N–H and O–H groups in total. The molecule has 4 heteroatoms. The van der Waals surface area contributed by atoms with Crippen LogP contribution >= 0.6 is 0 Å². The van der Waals surface area contributed by atoms with E-state index in [9.17, 15) is 8.76 Å². The summed E-state index contributed by atoms with van der Waals surface area (Å²) in [7, 11) is 0. The van der Waals surface area contributed by atoms with Crippen molar-refractivity contribution in [3.8, 4) is 0 Å². The molecule has 0 aliphatic heterocycles. The van der Waals surface area contributed by atoms with E-state index in [0.29, 0.717) is 19.6 Å². The standard InChI is InChI=1S/C6H15NO2S/c1-4-7(5-2,6-3)10(8)9/h4-6H2,1-3H3. The van der Waals surface area contributed by atoms with Crippen LogP contribution in [0.15, 0.2) is 0 Å². The molecule has 1 atom stereocenters. The molecule has 0 aromatic rings. The summed E-state index contributed by atoms with van der Waals surface area (Å²) in [6, 6.07) is 0. The molecule has 0 radical (unpaired) electrons. The number of hydrogen-bond donors (Lipinski definition) is 0. The lowest BCUT2D eigenvalue weighted by Crippen LogP contribution is -2.48. The third kappa shape index (κ3) is 1.78. The van der Waals surface area contributed by atoms with Gasteiger partial charge in [0, 0.05) is 0 Å².